The predicted octanol–water partition coefficient (Wildman–Crippen LogP) is 2.92. The first-order valence-electron chi connectivity index (χ1n) is 7.80. The van der Waals surface area contributed by atoms with Crippen molar-refractivity contribution < 1.29 is 13.9 Å². The van der Waals surface area contributed by atoms with E-state index in [1.807, 2.05) is 12.1 Å². The van der Waals surface area contributed by atoms with Crippen LogP contribution in [0, 0.1) is 5.82 Å². The molecular formula is C18H17FN4O2. The SMILES string of the molecule is O=C(CCn1cncn1)NCc1ccc(Oc2ccc(F)cc2)cc1. The van der Waals surface area contributed by atoms with E-state index in [1.165, 1.54) is 18.5 Å². The van der Waals surface area contributed by atoms with E-state index in [9.17, 15) is 9.18 Å². The molecule has 0 aliphatic heterocycles. The zero-order valence-corrected chi connectivity index (χ0v) is 13.4. The van der Waals surface area contributed by atoms with E-state index >= 15 is 0 Å². The van der Waals surface area contributed by atoms with Gasteiger partial charge in [0.2, 0.25) is 5.91 Å². The predicted molar refractivity (Wildman–Crippen MR) is 89.4 cm³/mol. The minimum Gasteiger partial charge on any atom is -0.457 e. The Morgan fingerprint density at radius 2 is 1.76 bits per heavy atom. The number of carbonyl (C=O) groups excluding carboxylic acids is 1. The van der Waals surface area contributed by atoms with Gasteiger partial charge in [0, 0.05) is 13.0 Å². The zero-order chi connectivity index (χ0) is 17.5. The highest BCUT2D eigenvalue weighted by atomic mass is 19.1. The number of aromatic nitrogens is 3. The zero-order valence-electron chi connectivity index (χ0n) is 13.4. The van der Waals surface area contributed by atoms with Gasteiger partial charge in [-0.05, 0) is 42.0 Å². The Kier molecular flexibility index (Phi) is 5.36. The van der Waals surface area contributed by atoms with E-state index in [2.05, 4.69) is 15.4 Å². The van der Waals surface area contributed by atoms with Gasteiger partial charge in [-0.1, -0.05) is 12.1 Å². The number of benzene rings is 2. The monoisotopic (exact) mass is 340 g/mol. The maximum Gasteiger partial charge on any atom is 0.222 e. The fourth-order valence-corrected chi connectivity index (χ4v) is 2.17. The first-order chi connectivity index (χ1) is 12.2. The van der Waals surface area contributed by atoms with Crippen LogP contribution in [0.3, 0.4) is 0 Å². The smallest absolute Gasteiger partial charge is 0.222 e. The molecule has 1 amide bonds. The van der Waals surface area contributed by atoms with E-state index in [0.717, 1.165) is 5.56 Å². The van der Waals surface area contributed by atoms with Crippen molar-refractivity contribution in [1.82, 2.24) is 20.1 Å². The number of aryl methyl sites for hydroxylation is 1. The second kappa shape index (κ2) is 8.05. The topological polar surface area (TPSA) is 69.0 Å². The van der Waals surface area contributed by atoms with Crippen LogP contribution in [0.1, 0.15) is 12.0 Å². The lowest BCUT2D eigenvalue weighted by molar-refractivity contribution is -0.121. The van der Waals surface area contributed by atoms with Crippen molar-refractivity contribution in [2.75, 3.05) is 0 Å². The van der Waals surface area contributed by atoms with Crippen molar-refractivity contribution in [3.8, 4) is 11.5 Å². The van der Waals surface area contributed by atoms with Crippen LogP contribution in [0.5, 0.6) is 11.5 Å². The van der Waals surface area contributed by atoms with E-state index in [0.29, 0.717) is 31.0 Å². The number of nitrogens with one attached hydrogen (secondary N) is 1. The Balaban J connectivity index is 1.45. The molecule has 0 atom stereocenters. The van der Waals surface area contributed by atoms with Crippen LogP contribution in [0.2, 0.25) is 0 Å². The molecule has 3 aromatic rings. The molecule has 25 heavy (non-hydrogen) atoms. The second-order valence-electron chi connectivity index (χ2n) is 5.39. The van der Waals surface area contributed by atoms with E-state index in [-0.39, 0.29) is 11.7 Å². The maximum absolute atomic E-state index is 12.9. The Labute approximate surface area is 144 Å². The van der Waals surface area contributed by atoms with Gasteiger partial charge >= 0.3 is 0 Å². The molecule has 0 radical (unpaired) electrons. The average molecular weight is 340 g/mol. The van der Waals surface area contributed by atoms with Crippen LogP contribution in [-0.2, 0) is 17.9 Å². The Bertz CT molecular complexity index is 802. The fourth-order valence-electron chi connectivity index (χ4n) is 2.17. The molecule has 0 saturated carbocycles. The lowest BCUT2D eigenvalue weighted by Crippen LogP contribution is -2.24. The van der Waals surface area contributed by atoms with Crippen LogP contribution >= 0.6 is 0 Å². The second-order valence-corrected chi connectivity index (χ2v) is 5.39. The fraction of sp³-hybridized carbons (Fsp3) is 0.167. The highest BCUT2D eigenvalue weighted by molar-refractivity contribution is 5.75. The van der Waals surface area contributed by atoms with Crippen molar-refractivity contribution >= 4 is 5.91 Å². The summed E-state index contributed by atoms with van der Waals surface area (Å²) in [6.07, 6.45) is 3.36. The van der Waals surface area contributed by atoms with Crippen molar-refractivity contribution in [2.24, 2.45) is 0 Å². The summed E-state index contributed by atoms with van der Waals surface area (Å²) in [5, 5.41) is 6.80. The van der Waals surface area contributed by atoms with Crippen LogP contribution in [-0.4, -0.2) is 20.7 Å². The minimum atomic E-state index is -0.303. The highest BCUT2D eigenvalue weighted by Crippen LogP contribution is 2.21. The van der Waals surface area contributed by atoms with Gasteiger partial charge in [-0.3, -0.25) is 9.48 Å². The number of hydrogen-bond donors (Lipinski definition) is 1. The summed E-state index contributed by atoms with van der Waals surface area (Å²) >= 11 is 0. The Hall–Kier alpha value is -3.22. The largest absolute Gasteiger partial charge is 0.457 e. The van der Waals surface area contributed by atoms with Crippen LogP contribution in [0.4, 0.5) is 4.39 Å². The molecule has 3 rings (SSSR count). The lowest BCUT2D eigenvalue weighted by Gasteiger charge is -2.08. The average Bonchev–Trinajstić information content (AvgIpc) is 3.15. The summed E-state index contributed by atoms with van der Waals surface area (Å²) in [5.41, 5.74) is 0.959. The van der Waals surface area contributed by atoms with E-state index < -0.39 is 0 Å². The number of carbonyl (C=O) groups is 1. The number of hydrogen-bond acceptors (Lipinski definition) is 4. The first-order valence-corrected chi connectivity index (χ1v) is 7.80. The highest BCUT2D eigenvalue weighted by Gasteiger charge is 2.03. The number of amides is 1. The van der Waals surface area contributed by atoms with Crippen molar-refractivity contribution in [3.63, 3.8) is 0 Å². The van der Waals surface area contributed by atoms with Crippen molar-refractivity contribution in [1.29, 1.82) is 0 Å². The van der Waals surface area contributed by atoms with Crippen LogP contribution in [0.15, 0.2) is 61.2 Å². The Morgan fingerprint density at radius 3 is 2.40 bits per heavy atom. The molecule has 7 heteroatoms. The summed E-state index contributed by atoms with van der Waals surface area (Å²) < 4.78 is 20.1. The summed E-state index contributed by atoms with van der Waals surface area (Å²) in [6, 6.07) is 13.2. The third-order valence-corrected chi connectivity index (χ3v) is 3.50. The summed E-state index contributed by atoms with van der Waals surface area (Å²) in [5.74, 6) is 0.854. The van der Waals surface area contributed by atoms with Gasteiger partial charge in [-0.2, -0.15) is 5.10 Å². The van der Waals surface area contributed by atoms with E-state index in [4.69, 9.17) is 4.74 Å². The molecule has 1 N–H and O–H groups in total. The first kappa shape index (κ1) is 16.6. The molecule has 0 bridgehead atoms. The third kappa shape index (κ3) is 5.13. The van der Waals surface area contributed by atoms with E-state index in [1.54, 1.807) is 35.3 Å². The van der Waals surface area contributed by atoms with Crippen molar-refractivity contribution in [2.45, 2.75) is 19.5 Å². The van der Waals surface area contributed by atoms with Crippen LogP contribution in [0.25, 0.3) is 0 Å². The number of nitrogens with zero attached hydrogens (tertiary/aromatic N) is 3. The molecule has 128 valence electrons. The number of halogens is 1. The van der Waals surface area contributed by atoms with Gasteiger partial charge in [0.1, 0.15) is 30.0 Å². The van der Waals surface area contributed by atoms with Gasteiger partial charge in [0.25, 0.3) is 0 Å². The number of ether oxygens (including phenoxy) is 1. The normalized spacial score (nSPS) is 10.4. The van der Waals surface area contributed by atoms with Gasteiger partial charge < -0.3 is 10.1 Å². The summed E-state index contributed by atoms with van der Waals surface area (Å²) in [4.78, 5) is 15.6. The van der Waals surface area contributed by atoms with Crippen molar-refractivity contribution in [3.05, 3.63) is 72.6 Å². The standard InChI is InChI=1S/C18H17FN4O2/c19-15-3-7-17(8-4-15)25-16-5-1-14(2-6-16)11-21-18(24)9-10-23-13-20-12-22-23/h1-8,12-13H,9-11H2,(H,21,24). The minimum absolute atomic E-state index is 0.0536. The van der Waals surface area contributed by atoms with Gasteiger partial charge in [-0.15, -0.1) is 0 Å². The van der Waals surface area contributed by atoms with Crippen LogP contribution < -0.4 is 10.1 Å². The molecule has 6 nitrogen and oxygen atoms in total. The van der Waals surface area contributed by atoms with Gasteiger partial charge in [-0.25, -0.2) is 9.37 Å². The number of rotatable bonds is 7. The van der Waals surface area contributed by atoms with Gasteiger partial charge in [0.05, 0.1) is 6.54 Å². The lowest BCUT2D eigenvalue weighted by atomic mass is 10.2. The molecule has 2 aromatic carbocycles. The molecule has 0 aliphatic rings. The molecule has 1 heterocycles. The summed E-state index contributed by atoms with van der Waals surface area (Å²) in [7, 11) is 0. The maximum atomic E-state index is 12.9. The summed E-state index contributed by atoms with van der Waals surface area (Å²) in [6.45, 7) is 0.934. The molecule has 0 aliphatic carbocycles. The molecule has 0 unspecified atom stereocenters. The molecule has 0 fully saturated rings. The van der Waals surface area contributed by atoms with Gasteiger partial charge in [0.15, 0.2) is 0 Å². The third-order valence-electron chi connectivity index (χ3n) is 3.50. The molecule has 0 saturated heterocycles. The molecule has 0 spiro atoms. The molecule has 1 aromatic heterocycles. The quantitative estimate of drug-likeness (QED) is 0.718. The Morgan fingerprint density at radius 1 is 1.08 bits per heavy atom. The molecular weight excluding hydrogens is 323 g/mol.